The molecule has 1 aromatic heterocycles. The fourth-order valence-corrected chi connectivity index (χ4v) is 2.23. The zero-order valence-corrected chi connectivity index (χ0v) is 10.1. The topological polar surface area (TPSA) is 54.2 Å². The second-order valence-electron chi connectivity index (χ2n) is 4.36. The van der Waals surface area contributed by atoms with Crippen LogP contribution in [0.2, 0.25) is 0 Å². The highest BCUT2D eigenvalue weighted by Crippen LogP contribution is 2.14. The molecule has 2 heterocycles. The Morgan fingerprint density at radius 2 is 2.38 bits per heavy atom. The Kier molecular flexibility index (Phi) is 3.90. The highest BCUT2D eigenvalue weighted by molar-refractivity contribution is 5.04. The highest BCUT2D eigenvalue weighted by Gasteiger charge is 2.21. The summed E-state index contributed by atoms with van der Waals surface area (Å²) in [6, 6.07) is 0.620. The summed E-state index contributed by atoms with van der Waals surface area (Å²) in [6.07, 6.45) is 2.53. The number of nitrogens with one attached hydrogen (secondary N) is 1. The first-order chi connectivity index (χ1) is 7.81. The molecule has 2 rings (SSSR count). The summed E-state index contributed by atoms with van der Waals surface area (Å²) in [5, 5.41) is 11.2. The zero-order chi connectivity index (χ0) is 11.4. The van der Waals surface area contributed by atoms with Gasteiger partial charge in [-0.15, -0.1) is 0 Å². The molecule has 0 spiro atoms. The predicted octanol–water partition coefficient (Wildman–Crippen LogP) is 0.952. The van der Waals surface area contributed by atoms with Crippen LogP contribution in [0.4, 0.5) is 0 Å². The molecule has 1 saturated heterocycles. The minimum atomic E-state index is 0.620. The van der Waals surface area contributed by atoms with E-state index in [1.165, 1.54) is 12.8 Å². The van der Waals surface area contributed by atoms with Crippen molar-refractivity contribution < 1.29 is 4.63 Å². The van der Waals surface area contributed by atoms with Crippen LogP contribution in [-0.2, 0) is 6.54 Å². The van der Waals surface area contributed by atoms with Gasteiger partial charge >= 0.3 is 0 Å². The Labute approximate surface area is 96.2 Å². The normalized spacial score (nSPS) is 21.6. The van der Waals surface area contributed by atoms with Crippen molar-refractivity contribution in [1.29, 1.82) is 0 Å². The molecule has 90 valence electrons. The number of hydrogen-bond donors (Lipinski definition) is 1. The minimum Gasteiger partial charge on any atom is -0.315 e. The number of aromatic nitrogens is 2. The third-order valence-electron chi connectivity index (χ3n) is 3.29. The Balaban J connectivity index is 1.97. The van der Waals surface area contributed by atoms with Crippen molar-refractivity contribution in [3.05, 3.63) is 11.4 Å². The Bertz CT molecular complexity index is 320. The molecule has 0 aromatic carbocycles. The van der Waals surface area contributed by atoms with Crippen molar-refractivity contribution >= 4 is 0 Å². The van der Waals surface area contributed by atoms with Crippen molar-refractivity contribution in [1.82, 2.24) is 20.5 Å². The van der Waals surface area contributed by atoms with Crippen LogP contribution in [0, 0.1) is 6.92 Å². The molecule has 1 aliphatic rings. The zero-order valence-electron chi connectivity index (χ0n) is 10.1. The first-order valence-electron chi connectivity index (χ1n) is 6.04. The lowest BCUT2D eigenvalue weighted by atomic mass is 10.1. The van der Waals surface area contributed by atoms with Gasteiger partial charge in [-0.3, -0.25) is 4.90 Å². The van der Waals surface area contributed by atoms with E-state index >= 15 is 0 Å². The molecule has 5 nitrogen and oxygen atoms in total. The number of likely N-dealkylation sites (N-methyl/N-ethyl adjacent to an activating group) is 1. The van der Waals surface area contributed by atoms with Crippen molar-refractivity contribution in [3.8, 4) is 0 Å². The van der Waals surface area contributed by atoms with Crippen molar-refractivity contribution in [2.45, 2.75) is 39.3 Å². The van der Waals surface area contributed by atoms with Crippen LogP contribution in [-0.4, -0.2) is 40.9 Å². The summed E-state index contributed by atoms with van der Waals surface area (Å²) in [7, 11) is 0. The summed E-state index contributed by atoms with van der Waals surface area (Å²) >= 11 is 0. The first kappa shape index (κ1) is 11.5. The second-order valence-corrected chi connectivity index (χ2v) is 4.36. The molecule has 0 aliphatic carbocycles. The van der Waals surface area contributed by atoms with E-state index in [1.807, 2.05) is 6.92 Å². The standard InChI is InChI=1S/C11H20N4O/c1-3-15(10-5-4-6-12-7-10)8-11-9(2)13-16-14-11/h10,12H,3-8H2,1-2H3. The van der Waals surface area contributed by atoms with Gasteiger partial charge in [0.05, 0.1) is 0 Å². The molecule has 1 aliphatic heterocycles. The van der Waals surface area contributed by atoms with Crippen LogP contribution in [0.1, 0.15) is 31.2 Å². The fraction of sp³-hybridized carbons (Fsp3) is 0.818. The molecule has 0 radical (unpaired) electrons. The van der Waals surface area contributed by atoms with Gasteiger partial charge in [-0.1, -0.05) is 17.2 Å². The molecular weight excluding hydrogens is 204 g/mol. The first-order valence-corrected chi connectivity index (χ1v) is 6.04. The van der Waals surface area contributed by atoms with E-state index < -0.39 is 0 Å². The SMILES string of the molecule is CCN(Cc1nonc1C)C1CCCNC1. The molecule has 16 heavy (non-hydrogen) atoms. The number of hydrogen-bond acceptors (Lipinski definition) is 5. The molecule has 0 amide bonds. The van der Waals surface area contributed by atoms with Gasteiger partial charge in [-0.2, -0.15) is 0 Å². The maximum Gasteiger partial charge on any atom is 0.122 e. The number of nitrogens with zero attached hydrogens (tertiary/aromatic N) is 3. The largest absolute Gasteiger partial charge is 0.315 e. The summed E-state index contributed by atoms with van der Waals surface area (Å²) < 4.78 is 4.74. The van der Waals surface area contributed by atoms with Crippen LogP contribution >= 0.6 is 0 Å². The molecule has 5 heteroatoms. The van der Waals surface area contributed by atoms with Crippen LogP contribution in [0.5, 0.6) is 0 Å². The molecule has 0 saturated carbocycles. The Morgan fingerprint density at radius 3 is 2.94 bits per heavy atom. The van der Waals surface area contributed by atoms with Crippen LogP contribution in [0.25, 0.3) is 0 Å². The van der Waals surface area contributed by atoms with Gasteiger partial charge in [0.25, 0.3) is 0 Å². The highest BCUT2D eigenvalue weighted by atomic mass is 16.6. The van der Waals surface area contributed by atoms with E-state index in [0.29, 0.717) is 6.04 Å². The summed E-state index contributed by atoms with van der Waals surface area (Å²) in [6.45, 7) is 8.25. The van der Waals surface area contributed by atoms with Gasteiger partial charge in [-0.25, -0.2) is 4.63 Å². The molecule has 0 bridgehead atoms. The lowest BCUT2D eigenvalue weighted by Gasteiger charge is -2.33. The van der Waals surface area contributed by atoms with Crippen molar-refractivity contribution in [2.24, 2.45) is 0 Å². The quantitative estimate of drug-likeness (QED) is 0.825. The van der Waals surface area contributed by atoms with Crippen LogP contribution in [0.15, 0.2) is 4.63 Å². The van der Waals surface area contributed by atoms with Crippen LogP contribution < -0.4 is 5.32 Å². The smallest absolute Gasteiger partial charge is 0.122 e. The maximum absolute atomic E-state index is 4.74. The lowest BCUT2D eigenvalue weighted by molar-refractivity contribution is 0.161. The van der Waals surface area contributed by atoms with Crippen molar-refractivity contribution in [3.63, 3.8) is 0 Å². The summed E-state index contributed by atoms with van der Waals surface area (Å²) in [5.41, 5.74) is 1.87. The van der Waals surface area contributed by atoms with Gasteiger partial charge < -0.3 is 5.32 Å². The van der Waals surface area contributed by atoms with Gasteiger partial charge in [0.15, 0.2) is 0 Å². The maximum atomic E-state index is 4.74. The van der Waals surface area contributed by atoms with E-state index in [1.54, 1.807) is 0 Å². The summed E-state index contributed by atoms with van der Waals surface area (Å²) in [4.78, 5) is 2.44. The predicted molar refractivity (Wildman–Crippen MR) is 61.0 cm³/mol. The van der Waals surface area contributed by atoms with Gasteiger partial charge in [-0.05, 0) is 32.9 Å². The van der Waals surface area contributed by atoms with E-state index in [4.69, 9.17) is 4.63 Å². The van der Waals surface area contributed by atoms with E-state index in [2.05, 4.69) is 27.5 Å². The van der Waals surface area contributed by atoms with E-state index in [0.717, 1.165) is 37.6 Å². The van der Waals surface area contributed by atoms with Gasteiger partial charge in [0.2, 0.25) is 0 Å². The van der Waals surface area contributed by atoms with Crippen LogP contribution in [0.3, 0.4) is 0 Å². The number of piperidine rings is 1. The molecular formula is C11H20N4O. The minimum absolute atomic E-state index is 0.620. The third-order valence-corrected chi connectivity index (χ3v) is 3.29. The van der Waals surface area contributed by atoms with E-state index in [9.17, 15) is 0 Å². The van der Waals surface area contributed by atoms with Gasteiger partial charge in [0, 0.05) is 19.1 Å². The monoisotopic (exact) mass is 224 g/mol. The second kappa shape index (κ2) is 5.41. The molecule has 1 unspecified atom stereocenters. The number of rotatable bonds is 4. The summed E-state index contributed by atoms with van der Waals surface area (Å²) in [5.74, 6) is 0. The fourth-order valence-electron chi connectivity index (χ4n) is 2.23. The Morgan fingerprint density at radius 1 is 1.50 bits per heavy atom. The molecule has 1 aromatic rings. The third kappa shape index (κ3) is 2.59. The molecule has 1 N–H and O–H groups in total. The average Bonchev–Trinajstić information content (AvgIpc) is 2.73. The van der Waals surface area contributed by atoms with E-state index in [-0.39, 0.29) is 0 Å². The number of aryl methyl sites for hydroxylation is 1. The molecule has 1 atom stereocenters. The average molecular weight is 224 g/mol. The molecule has 1 fully saturated rings. The lowest BCUT2D eigenvalue weighted by Crippen LogP contribution is -2.45. The van der Waals surface area contributed by atoms with Crippen molar-refractivity contribution in [2.75, 3.05) is 19.6 Å². The van der Waals surface area contributed by atoms with Gasteiger partial charge in [0.1, 0.15) is 11.4 Å². The Hall–Kier alpha value is -0.940.